The first-order chi connectivity index (χ1) is 9.99. The van der Waals surface area contributed by atoms with E-state index in [2.05, 4.69) is 10.6 Å². The van der Waals surface area contributed by atoms with Gasteiger partial charge in [0.2, 0.25) is 0 Å². The summed E-state index contributed by atoms with van der Waals surface area (Å²) in [5, 5.41) is 23.3. The molecule has 0 heterocycles. The number of amides is 1. The Hall–Kier alpha value is -2.32. The van der Waals surface area contributed by atoms with Crippen LogP contribution in [0.5, 0.6) is 0 Å². The van der Waals surface area contributed by atoms with Crippen LogP contribution in [0.4, 0.5) is 5.69 Å². The normalized spacial score (nSPS) is 10.9. The predicted octanol–water partition coefficient (Wildman–Crippen LogP) is 1.93. The summed E-state index contributed by atoms with van der Waals surface area (Å²) in [7, 11) is 0. The number of nitrogens with one attached hydrogen (secondary N) is 2. The summed E-state index contributed by atoms with van der Waals surface area (Å²) >= 11 is 0. The first kappa shape index (κ1) is 16.7. The number of benzene rings is 1. The lowest BCUT2D eigenvalue weighted by molar-refractivity contribution is -0.112. The minimum absolute atomic E-state index is 0.00677. The van der Waals surface area contributed by atoms with Gasteiger partial charge in [0.1, 0.15) is 11.6 Å². The molecule has 1 aromatic rings. The Morgan fingerprint density at radius 2 is 1.95 bits per heavy atom. The van der Waals surface area contributed by atoms with E-state index in [9.17, 15) is 4.79 Å². The fourth-order valence-electron chi connectivity index (χ4n) is 2.06. The van der Waals surface area contributed by atoms with E-state index >= 15 is 0 Å². The van der Waals surface area contributed by atoms with E-state index < -0.39 is 5.91 Å². The fourth-order valence-corrected chi connectivity index (χ4v) is 2.06. The van der Waals surface area contributed by atoms with Crippen molar-refractivity contribution < 1.29 is 9.90 Å². The van der Waals surface area contributed by atoms with Gasteiger partial charge < -0.3 is 15.7 Å². The smallest absolute Gasteiger partial charge is 0.267 e. The van der Waals surface area contributed by atoms with Crippen LogP contribution in [0, 0.1) is 32.1 Å². The molecule has 1 rings (SSSR count). The lowest BCUT2D eigenvalue weighted by Gasteiger charge is -2.12. The molecule has 0 aromatic heterocycles. The topological polar surface area (TPSA) is 85.2 Å². The van der Waals surface area contributed by atoms with Crippen molar-refractivity contribution in [2.45, 2.75) is 27.2 Å². The first-order valence-electron chi connectivity index (χ1n) is 6.83. The Kier molecular flexibility index (Phi) is 6.44. The number of anilines is 1. The molecular weight excluding hydrogens is 266 g/mol. The maximum atomic E-state index is 12.1. The second kappa shape index (κ2) is 8.08. The third-order valence-electron chi connectivity index (χ3n) is 3.01. The van der Waals surface area contributed by atoms with Crippen LogP contribution in [-0.2, 0) is 4.79 Å². The highest BCUT2D eigenvalue weighted by Gasteiger charge is 2.12. The van der Waals surface area contributed by atoms with Crippen molar-refractivity contribution in [3.8, 4) is 6.07 Å². The molecule has 0 spiro atoms. The number of nitriles is 1. The number of carbonyl (C=O) groups excluding carboxylic acids is 1. The number of carbonyl (C=O) groups is 1. The van der Waals surface area contributed by atoms with Gasteiger partial charge in [-0.05, 0) is 38.3 Å². The quantitative estimate of drug-likeness (QED) is 0.424. The van der Waals surface area contributed by atoms with E-state index in [1.807, 2.05) is 39.0 Å². The van der Waals surface area contributed by atoms with Gasteiger partial charge in [-0.15, -0.1) is 0 Å². The molecule has 1 amide bonds. The maximum absolute atomic E-state index is 12.1. The molecule has 5 nitrogen and oxygen atoms in total. The zero-order valence-corrected chi connectivity index (χ0v) is 12.7. The van der Waals surface area contributed by atoms with Crippen molar-refractivity contribution in [2.24, 2.45) is 0 Å². The fraction of sp³-hybridized carbons (Fsp3) is 0.375. The van der Waals surface area contributed by atoms with Crippen molar-refractivity contribution in [3.05, 3.63) is 40.6 Å². The van der Waals surface area contributed by atoms with Gasteiger partial charge in [0.25, 0.3) is 5.91 Å². The molecule has 1 aromatic carbocycles. The van der Waals surface area contributed by atoms with Gasteiger partial charge in [-0.2, -0.15) is 5.26 Å². The van der Waals surface area contributed by atoms with Gasteiger partial charge in [-0.1, -0.05) is 17.7 Å². The Morgan fingerprint density at radius 1 is 1.33 bits per heavy atom. The Bertz CT molecular complexity index is 563. The molecule has 0 radical (unpaired) electrons. The van der Waals surface area contributed by atoms with Crippen molar-refractivity contribution in [3.63, 3.8) is 0 Å². The number of rotatable bonds is 6. The van der Waals surface area contributed by atoms with Crippen LogP contribution in [0.15, 0.2) is 23.9 Å². The Labute approximate surface area is 125 Å². The largest absolute Gasteiger partial charge is 0.396 e. The monoisotopic (exact) mass is 287 g/mol. The average Bonchev–Trinajstić information content (AvgIpc) is 2.42. The SMILES string of the molecule is Cc1cc(C)c(NC(=O)/C(C#N)=C\NCCCO)c(C)c1. The lowest BCUT2D eigenvalue weighted by atomic mass is 10.0. The van der Waals surface area contributed by atoms with E-state index in [4.69, 9.17) is 10.4 Å². The maximum Gasteiger partial charge on any atom is 0.267 e. The van der Waals surface area contributed by atoms with Crippen LogP contribution in [0.2, 0.25) is 0 Å². The van der Waals surface area contributed by atoms with Crippen molar-refractivity contribution >= 4 is 11.6 Å². The summed E-state index contributed by atoms with van der Waals surface area (Å²) in [6.07, 6.45) is 1.94. The summed E-state index contributed by atoms with van der Waals surface area (Å²) in [5.74, 6) is -0.441. The molecule has 0 atom stereocenters. The van der Waals surface area contributed by atoms with Crippen molar-refractivity contribution in [1.29, 1.82) is 5.26 Å². The lowest BCUT2D eigenvalue weighted by Crippen LogP contribution is -2.18. The van der Waals surface area contributed by atoms with Crippen LogP contribution in [0.1, 0.15) is 23.1 Å². The Morgan fingerprint density at radius 3 is 2.48 bits per heavy atom. The molecular formula is C16H21N3O2. The predicted molar refractivity (Wildman–Crippen MR) is 82.7 cm³/mol. The van der Waals surface area contributed by atoms with Crippen molar-refractivity contribution in [2.75, 3.05) is 18.5 Å². The van der Waals surface area contributed by atoms with Crippen LogP contribution >= 0.6 is 0 Å². The highest BCUT2D eigenvalue weighted by molar-refractivity contribution is 6.07. The van der Waals surface area contributed by atoms with Crippen LogP contribution in [-0.4, -0.2) is 24.2 Å². The second-order valence-corrected chi connectivity index (χ2v) is 4.93. The molecule has 0 saturated carbocycles. The summed E-state index contributed by atoms with van der Waals surface area (Å²) in [6.45, 7) is 6.42. The highest BCUT2D eigenvalue weighted by atomic mass is 16.3. The molecule has 5 heteroatoms. The number of aliphatic hydroxyl groups is 1. The molecule has 21 heavy (non-hydrogen) atoms. The van der Waals surface area contributed by atoms with Gasteiger partial charge in [-0.3, -0.25) is 4.79 Å². The summed E-state index contributed by atoms with van der Waals surface area (Å²) in [4.78, 5) is 12.1. The van der Waals surface area contributed by atoms with Gasteiger partial charge >= 0.3 is 0 Å². The van der Waals surface area contributed by atoms with Crippen LogP contribution in [0.25, 0.3) is 0 Å². The van der Waals surface area contributed by atoms with E-state index in [0.717, 1.165) is 22.4 Å². The van der Waals surface area contributed by atoms with Crippen LogP contribution < -0.4 is 10.6 Å². The molecule has 112 valence electrons. The standard InChI is InChI=1S/C16H21N3O2/c1-11-7-12(2)15(13(3)8-11)19-16(21)14(9-17)10-18-5-4-6-20/h7-8,10,18,20H,4-6H2,1-3H3,(H,19,21)/b14-10-. The minimum Gasteiger partial charge on any atom is -0.396 e. The number of nitrogens with zero attached hydrogens (tertiary/aromatic N) is 1. The first-order valence-corrected chi connectivity index (χ1v) is 6.83. The third-order valence-corrected chi connectivity index (χ3v) is 3.01. The van der Waals surface area contributed by atoms with Crippen molar-refractivity contribution in [1.82, 2.24) is 5.32 Å². The molecule has 0 unspecified atom stereocenters. The van der Waals surface area contributed by atoms with E-state index in [-0.39, 0.29) is 12.2 Å². The Balaban J connectivity index is 2.82. The minimum atomic E-state index is -0.441. The number of aliphatic hydroxyl groups excluding tert-OH is 1. The van der Waals surface area contributed by atoms with E-state index in [1.165, 1.54) is 6.20 Å². The van der Waals surface area contributed by atoms with Gasteiger partial charge in [0, 0.05) is 25.0 Å². The number of aryl methyl sites for hydroxylation is 3. The van der Waals surface area contributed by atoms with Gasteiger partial charge in [-0.25, -0.2) is 0 Å². The number of hydrogen-bond acceptors (Lipinski definition) is 4. The molecule has 0 aliphatic carbocycles. The van der Waals surface area contributed by atoms with Gasteiger partial charge in [0.05, 0.1) is 0 Å². The summed E-state index contributed by atoms with van der Waals surface area (Å²) < 4.78 is 0. The van der Waals surface area contributed by atoms with Gasteiger partial charge in [0.15, 0.2) is 0 Å². The van der Waals surface area contributed by atoms with E-state index in [0.29, 0.717) is 13.0 Å². The summed E-state index contributed by atoms with van der Waals surface area (Å²) in [5.41, 5.74) is 3.80. The zero-order valence-electron chi connectivity index (χ0n) is 12.7. The average molecular weight is 287 g/mol. The zero-order chi connectivity index (χ0) is 15.8. The number of hydrogen-bond donors (Lipinski definition) is 3. The van der Waals surface area contributed by atoms with Crippen LogP contribution in [0.3, 0.4) is 0 Å². The molecule has 0 saturated heterocycles. The molecule has 0 bridgehead atoms. The third kappa shape index (κ3) is 4.93. The molecule has 0 fully saturated rings. The second-order valence-electron chi connectivity index (χ2n) is 4.93. The summed E-state index contributed by atoms with van der Waals surface area (Å²) in [6, 6.07) is 5.84. The molecule has 3 N–H and O–H groups in total. The highest BCUT2D eigenvalue weighted by Crippen LogP contribution is 2.22. The molecule has 0 aliphatic rings. The van der Waals surface area contributed by atoms with E-state index in [1.54, 1.807) is 0 Å². The molecule has 0 aliphatic heterocycles.